The van der Waals surface area contributed by atoms with Gasteiger partial charge in [-0.15, -0.1) is 0 Å². The third-order valence-corrected chi connectivity index (χ3v) is 6.85. The molecule has 0 radical (unpaired) electrons. The van der Waals surface area contributed by atoms with Crippen molar-refractivity contribution in [2.45, 2.75) is 20.0 Å². The molecule has 5 aromatic rings. The second-order valence-corrected chi connectivity index (χ2v) is 10.8. The zero-order chi connectivity index (χ0) is 29.8. The first-order valence-electron chi connectivity index (χ1n) is 13.8. The van der Waals surface area contributed by atoms with Gasteiger partial charge in [0, 0.05) is 74.4 Å². The fraction of sp³-hybridized carbons (Fsp3) is 0.250. The van der Waals surface area contributed by atoms with Gasteiger partial charge in [0.25, 0.3) is 0 Å². The molecule has 0 atom stereocenters. The van der Waals surface area contributed by atoms with Gasteiger partial charge in [0.05, 0.1) is 6.54 Å². The van der Waals surface area contributed by atoms with Gasteiger partial charge in [0.2, 0.25) is 5.91 Å². The van der Waals surface area contributed by atoms with E-state index in [1.807, 2.05) is 41.2 Å². The Morgan fingerprint density at radius 2 is 1.74 bits per heavy atom. The second kappa shape index (κ2) is 12.3. The SMILES string of the molecule is CC(=O)NCCn1cc(-c2ccnc3[nH]c(-c4cccc(CN(C)C)c4)cc23)c(-c2ccc(NC(=O)N(C)C)cc2)n1. The van der Waals surface area contributed by atoms with E-state index in [9.17, 15) is 9.59 Å². The Labute approximate surface area is 245 Å². The predicted octanol–water partition coefficient (Wildman–Crippen LogP) is 5.05. The number of carbonyl (C=O) groups excluding carboxylic acids is 2. The molecule has 3 aromatic heterocycles. The molecule has 216 valence electrons. The summed E-state index contributed by atoms with van der Waals surface area (Å²) in [5.41, 5.74) is 8.46. The molecule has 0 spiro atoms. The van der Waals surface area contributed by atoms with E-state index >= 15 is 0 Å². The van der Waals surface area contributed by atoms with Crippen molar-refractivity contribution in [1.29, 1.82) is 0 Å². The minimum Gasteiger partial charge on any atom is -0.354 e. The van der Waals surface area contributed by atoms with Crippen molar-refractivity contribution in [1.82, 2.24) is 34.9 Å². The number of urea groups is 1. The summed E-state index contributed by atoms with van der Waals surface area (Å²) in [7, 11) is 7.53. The van der Waals surface area contributed by atoms with Crippen LogP contribution in [-0.4, -0.2) is 76.2 Å². The van der Waals surface area contributed by atoms with Crippen LogP contribution in [0.4, 0.5) is 10.5 Å². The van der Waals surface area contributed by atoms with Crippen LogP contribution >= 0.6 is 0 Å². The number of H-pyrrole nitrogens is 1. The summed E-state index contributed by atoms with van der Waals surface area (Å²) in [6, 6.07) is 20.1. The number of aromatic nitrogens is 4. The molecule has 3 amide bonds. The van der Waals surface area contributed by atoms with E-state index < -0.39 is 0 Å². The predicted molar refractivity (Wildman–Crippen MR) is 167 cm³/mol. The lowest BCUT2D eigenvalue weighted by atomic mass is 9.99. The van der Waals surface area contributed by atoms with E-state index in [0.717, 1.165) is 51.2 Å². The van der Waals surface area contributed by atoms with Gasteiger partial charge in [-0.2, -0.15) is 5.10 Å². The first-order valence-corrected chi connectivity index (χ1v) is 13.8. The van der Waals surface area contributed by atoms with Crippen molar-refractivity contribution in [3.8, 4) is 33.6 Å². The number of aromatic amines is 1. The maximum absolute atomic E-state index is 12.1. The average Bonchev–Trinajstić information content (AvgIpc) is 3.58. The van der Waals surface area contributed by atoms with Crippen molar-refractivity contribution < 1.29 is 9.59 Å². The Balaban J connectivity index is 1.55. The Kier molecular flexibility index (Phi) is 8.35. The molecular weight excluding hydrogens is 528 g/mol. The molecular formula is C32H36N8O2. The number of carbonyl (C=O) groups is 2. The van der Waals surface area contributed by atoms with E-state index in [1.165, 1.54) is 17.4 Å². The first-order chi connectivity index (χ1) is 20.2. The van der Waals surface area contributed by atoms with Crippen LogP contribution in [0.3, 0.4) is 0 Å². The molecule has 0 saturated carbocycles. The van der Waals surface area contributed by atoms with Crippen molar-refractivity contribution in [3.63, 3.8) is 0 Å². The van der Waals surface area contributed by atoms with Gasteiger partial charge in [-0.1, -0.05) is 30.3 Å². The van der Waals surface area contributed by atoms with Crippen molar-refractivity contribution >= 4 is 28.7 Å². The van der Waals surface area contributed by atoms with Gasteiger partial charge in [0.15, 0.2) is 0 Å². The molecule has 42 heavy (non-hydrogen) atoms. The normalized spacial score (nSPS) is 11.2. The van der Waals surface area contributed by atoms with Crippen LogP contribution in [-0.2, 0) is 17.9 Å². The summed E-state index contributed by atoms with van der Waals surface area (Å²) < 4.78 is 1.85. The summed E-state index contributed by atoms with van der Waals surface area (Å²) >= 11 is 0. The van der Waals surface area contributed by atoms with E-state index in [2.05, 4.69) is 69.9 Å². The number of nitrogens with one attached hydrogen (secondary N) is 3. The van der Waals surface area contributed by atoms with Crippen molar-refractivity contribution in [2.24, 2.45) is 0 Å². The highest BCUT2D eigenvalue weighted by atomic mass is 16.2. The van der Waals surface area contributed by atoms with E-state index in [4.69, 9.17) is 5.10 Å². The number of nitrogens with zero attached hydrogens (tertiary/aromatic N) is 5. The number of hydrogen-bond donors (Lipinski definition) is 3. The third kappa shape index (κ3) is 6.50. The molecule has 0 aliphatic rings. The average molecular weight is 565 g/mol. The summed E-state index contributed by atoms with van der Waals surface area (Å²) in [6.45, 7) is 3.35. The maximum atomic E-state index is 12.1. The van der Waals surface area contributed by atoms with E-state index in [-0.39, 0.29) is 11.9 Å². The first kappa shape index (κ1) is 28.6. The quantitative estimate of drug-likeness (QED) is 0.232. The number of anilines is 1. The summed E-state index contributed by atoms with van der Waals surface area (Å²) in [4.78, 5) is 35.3. The van der Waals surface area contributed by atoms with E-state index in [1.54, 1.807) is 20.3 Å². The minimum absolute atomic E-state index is 0.0803. The Morgan fingerprint density at radius 1 is 0.952 bits per heavy atom. The molecule has 5 rings (SSSR count). The number of fused-ring (bicyclic) bond motifs is 1. The van der Waals surface area contributed by atoms with Crippen LogP contribution in [0.15, 0.2) is 73.1 Å². The molecule has 2 aromatic carbocycles. The van der Waals surface area contributed by atoms with Crippen molar-refractivity contribution in [2.75, 3.05) is 40.1 Å². The molecule has 0 unspecified atom stereocenters. The lowest BCUT2D eigenvalue weighted by Crippen LogP contribution is -2.27. The summed E-state index contributed by atoms with van der Waals surface area (Å²) in [5.74, 6) is -0.0803. The second-order valence-electron chi connectivity index (χ2n) is 10.8. The summed E-state index contributed by atoms with van der Waals surface area (Å²) in [6.07, 6.45) is 3.82. The largest absolute Gasteiger partial charge is 0.354 e. The topological polar surface area (TPSA) is 111 Å². The van der Waals surface area contributed by atoms with Crippen LogP contribution in [0.2, 0.25) is 0 Å². The smallest absolute Gasteiger partial charge is 0.321 e. The number of hydrogen-bond acceptors (Lipinski definition) is 5. The lowest BCUT2D eigenvalue weighted by Gasteiger charge is -2.12. The van der Waals surface area contributed by atoms with Crippen LogP contribution in [0.5, 0.6) is 0 Å². The van der Waals surface area contributed by atoms with E-state index in [0.29, 0.717) is 18.8 Å². The third-order valence-electron chi connectivity index (χ3n) is 6.85. The number of amides is 3. The number of pyridine rings is 1. The van der Waals surface area contributed by atoms with Crippen LogP contribution < -0.4 is 10.6 Å². The zero-order valence-corrected chi connectivity index (χ0v) is 24.6. The Bertz CT molecular complexity index is 1720. The highest BCUT2D eigenvalue weighted by molar-refractivity contribution is 5.99. The fourth-order valence-corrected chi connectivity index (χ4v) is 4.86. The van der Waals surface area contributed by atoms with Crippen molar-refractivity contribution in [3.05, 3.63) is 78.6 Å². The van der Waals surface area contributed by atoms with Crippen LogP contribution in [0.1, 0.15) is 12.5 Å². The fourth-order valence-electron chi connectivity index (χ4n) is 4.86. The van der Waals surface area contributed by atoms with Gasteiger partial charge in [-0.25, -0.2) is 9.78 Å². The zero-order valence-electron chi connectivity index (χ0n) is 24.6. The highest BCUT2D eigenvalue weighted by Crippen LogP contribution is 2.37. The Hall–Kier alpha value is -4.96. The number of rotatable bonds is 9. The minimum atomic E-state index is -0.194. The van der Waals surface area contributed by atoms with Crippen LogP contribution in [0.25, 0.3) is 44.7 Å². The molecule has 3 heterocycles. The van der Waals surface area contributed by atoms with Gasteiger partial charge in [0.1, 0.15) is 11.3 Å². The molecule has 10 heteroatoms. The summed E-state index contributed by atoms with van der Waals surface area (Å²) in [5, 5.41) is 11.6. The van der Waals surface area contributed by atoms with Crippen LogP contribution in [0, 0.1) is 0 Å². The molecule has 10 nitrogen and oxygen atoms in total. The van der Waals surface area contributed by atoms with Gasteiger partial charge >= 0.3 is 6.03 Å². The standard InChI is InChI=1S/C32H36N8O2/c1-21(41)33-15-16-40-20-28(30(37-40)23-9-11-25(12-10-23)35-32(42)39(4)5)26-13-14-34-31-27(26)18-29(36-31)24-8-6-7-22(17-24)19-38(2)3/h6-14,17-18,20H,15-16,19H2,1-5H3,(H,33,41)(H,34,36)(H,35,42). The highest BCUT2D eigenvalue weighted by Gasteiger charge is 2.18. The van der Waals surface area contributed by atoms with Gasteiger partial charge < -0.3 is 25.4 Å². The molecule has 3 N–H and O–H groups in total. The molecule has 0 fully saturated rings. The molecule has 0 saturated heterocycles. The molecule has 0 aliphatic carbocycles. The Morgan fingerprint density at radius 3 is 2.45 bits per heavy atom. The monoisotopic (exact) mass is 564 g/mol. The van der Waals surface area contributed by atoms with Gasteiger partial charge in [-0.3, -0.25) is 9.48 Å². The van der Waals surface area contributed by atoms with Gasteiger partial charge in [-0.05, 0) is 61.1 Å². The number of benzene rings is 2. The molecule has 0 bridgehead atoms. The lowest BCUT2D eigenvalue weighted by molar-refractivity contribution is -0.118. The maximum Gasteiger partial charge on any atom is 0.321 e. The molecule has 0 aliphatic heterocycles.